The van der Waals surface area contributed by atoms with Crippen LogP contribution in [0.5, 0.6) is 5.75 Å². The van der Waals surface area contributed by atoms with Crippen molar-refractivity contribution in [3.05, 3.63) is 29.3 Å². The van der Waals surface area contributed by atoms with Gasteiger partial charge in [0.1, 0.15) is 24.7 Å². The van der Waals surface area contributed by atoms with Gasteiger partial charge in [0.2, 0.25) is 11.8 Å². The second-order valence-electron chi connectivity index (χ2n) is 7.04. The Kier molecular flexibility index (Phi) is 9.54. The van der Waals surface area contributed by atoms with Gasteiger partial charge in [-0.05, 0) is 30.7 Å². The molecule has 182 valence electrons. The van der Waals surface area contributed by atoms with E-state index in [1.165, 1.54) is 6.07 Å². The fourth-order valence-electron chi connectivity index (χ4n) is 2.89. The number of aliphatic hydroxyl groups excluding tert-OH is 1. The number of hydrogen-bond donors (Lipinski definition) is 5. The van der Waals surface area contributed by atoms with Crippen LogP contribution in [0.2, 0.25) is 0 Å². The summed E-state index contributed by atoms with van der Waals surface area (Å²) in [5.41, 5.74) is 6.08. The van der Waals surface area contributed by atoms with E-state index in [1.54, 1.807) is 19.1 Å². The van der Waals surface area contributed by atoms with E-state index in [0.29, 0.717) is 17.4 Å². The highest BCUT2D eigenvalue weighted by Gasteiger charge is 2.40. The molecule has 13 heteroatoms. The molecule has 33 heavy (non-hydrogen) atoms. The number of aldehydes is 1. The Morgan fingerprint density at radius 2 is 1.94 bits per heavy atom. The number of aromatic hydroxyl groups is 1. The molecule has 1 heterocycles. The van der Waals surface area contributed by atoms with Crippen LogP contribution >= 0.6 is 0 Å². The minimum Gasteiger partial charge on any atom is -0.508 e. The Hall–Kier alpha value is -3.26. The topological polar surface area (TPSA) is 196 Å². The summed E-state index contributed by atoms with van der Waals surface area (Å²) in [6, 6.07) is 2.08. The third-order valence-electron chi connectivity index (χ3n) is 4.53. The van der Waals surface area contributed by atoms with Crippen molar-refractivity contribution in [3.8, 4) is 5.75 Å². The Labute approximate surface area is 189 Å². The molecule has 1 fully saturated rings. The van der Waals surface area contributed by atoms with E-state index in [-0.39, 0.29) is 32.2 Å². The largest absolute Gasteiger partial charge is 0.508 e. The number of ether oxygens (including phenoxy) is 4. The lowest BCUT2D eigenvalue weighted by Gasteiger charge is -2.27. The van der Waals surface area contributed by atoms with Crippen molar-refractivity contribution in [2.24, 2.45) is 5.73 Å². The smallest absolute Gasteiger partial charge is 0.407 e. The summed E-state index contributed by atoms with van der Waals surface area (Å²) in [6.45, 7) is 1.06. The number of nitrogens with one attached hydrogen (secondary N) is 2. The maximum absolute atomic E-state index is 12.1. The van der Waals surface area contributed by atoms with Crippen molar-refractivity contribution in [2.75, 3.05) is 33.0 Å². The quantitative estimate of drug-likeness (QED) is 0.178. The van der Waals surface area contributed by atoms with Gasteiger partial charge in [-0.2, -0.15) is 0 Å². The van der Waals surface area contributed by atoms with Crippen molar-refractivity contribution >= 4 is 24.2 Å². The first-order valence-corrected chi connectivity index (χ1v) is 10.0. The highest BCUT2D eigenvalue weighted by atomic mass is 16.9. The second kappa shape index (κ2) is 12.1. The summed E-state index contributed by atoms with van der Waals surface area (Å²) in [7, 11) is 0. The molecule has 0 bridgehead atoms. The van der Waals surface area contributed by atoms with E-state index in [2.05, 4.69) is 10.6 Å². The van der Waals surface area contributed by atoms with E-state index in [1.807, 2.05) is 0 Å². The zero-order valence-corrected chi connectivity index (χ0v) is 17.9. The van der Waals surface area contributed by atoms with E-state index >= 15 is 0 Å². The first-order valence-electron chi connectivity index (χ1n) is 10.0. The molecule has 1 aromatic rings. The first-order chi connectivity index (χ1) is 15.7. The molecule has 2 rings (SSSR count). The Morgan fingerprint density at radius 3 is 2.52 bits per heavy atom. The average Bonchev–Trinajstić information content (AvgIpc) is 3.26. The van der Waals surface area contributed by atoms with E-state index in [0.717, 1.165) is 0 Å². The number of carbonyl (C=O) groups excluding carboxylic acids is 4. The molecule has 0 aliphatic carbocycles. The lowest BCUT2D eigenvalue weighted by atomic mass is 10.1. The van der Waals surface area contributed by atoms with Gasteiger partial charge < -0.3 is 50.3 Å². The summed E-state index contributed by atoms with van der Waals surface area (Å²) in [5.74, 6) is -3.13. The number of hydrogen-bond acceptors (Lipinski definition) is 10. The third-order valence-corrected chi connectivity index (χ3v) is 4.53. The zero-order chi connectivity index (χ0) is 24.4. The normalized spacial score (nSPS) is 16.4. The molecule has 0 saturated carbocycles. The van der Waals surface area contributed by atoms with E-state index < -0.39 is 49.0 Å². The molecule has 6 N–H and O–H groups in total. The number of amides is 3. The average molecular weight is 469 g/mol. The number of rotatable bonds is 12. The number of aliphatic hydroxyl groups is 1. The predicted octanol–water partition coefficient (Wildman–Crippen LogP) is -1.48. The molecule has 1 aliphatic heterocycles. The van der Waals surface area contributed by atoms with Crippen LogP contribution in [0.3, 0.4) is 0 Å². The fourth-order valence-corrected chi connectivity index (χ4v) is 2.89. The summed E-state index contributed by atoms with van der Waals surface area (Å²) in [5, 5.41) is 23.4. The lowest BCUT2D eigenvalue weighted by Crippen LogP contribution is -2.52. The van der Waals surface area contributed by atoms with Gasteiger partial charge in [0.05, 0.1) is 38.9 Å². The van der Waals surface area contributed by atoms with Gasteiger partial charge in [-0.1, -0.05) is 0 Å². The lowest BCUT2D eigenvalue weighted by molar-refractivity contribution is -0.344. The number of phenols is 1. The molecule has 0 spiro atoms. The maximum Gasteiger partial charge on any atom is 0.407 e. The van der Waals surface area contributed by atoms with Crippen LogP contribution in [0.4, 0.5) is 4.79 Å². The number of nitrogens with two attached hydrogens (primary N) is 1. The third kappa shape index (κ3) is 7.39. The first kappa shape index (κ1) is 26.0. The molecule has 1 aliphatic rings. The van der Waals surface area contributed by atoms with Gasteiger partial charge in [0, 0.05) is 5.56 Å². The van der Waals surface area contributed by atoms with Gasteiger partial charge in [0.15, 0.2) is 0 Å². The Morgan fingerprint density at radius 1 is 1.24 bits per heavy atom. The number of alkyl carbamates (subject to hydrolysis) is 1. The van der Waals surface area contributed by atoms with Gasteiger partial charge in [-0.15, -0.1) is 0 Å². The SMILES string of the molecule is Cc1cc(C2(OCCOC(=O)N[C@@H](CO)C(=O)N[C@@H](C=O)CC(N)=O)OCCO2)ccc1O. The van der Waals surface area contributed by atoms with Crippen LogP contribution in [-0.4, -0.2) is 79.5 Å². The number of phenolic OH excluding ortho intramolecular Hbond substituents is 1. The van der Waals surface area contributed by atoms with Crippen molar-refractivity contribution in [1.82, 2.24) is 10.6 Å². The molecule has 1 saturated heterocycles. The van der Waals surface area contributed by atoms with E-state index in [4.69, 9.17) is 24.7 Å². The zero-order valence-electron chi connectivity index (χ0n) is 17.9. The van der Waals surface area contributed by atoms with Crippen molar-refractivity contribution in [3.63, 3.8) is 0 Å². The monoisotopic (exact) mass is 469 g/mol. The fraction of sp³-hybridized carbons (Fsp3) is 0.500. The second-order valence-corrected chi connectivity index (χ2v) is 7.04. The summed E-state index contributed by atoms with van der Waals surface area (Å²) in [4.78, 5) is 45.8. The van der Waals surface area contributed by atoms with Crippen molar-refractivity contribution in [2.45, 2.75) is 31.4 Å². The minimum absolute atomic E-state index is 0.100. The number of primary amides is 1. The molecular formula is C20H27N3O10. The van der Waals surface area contributed by atoms with Crippen molar-refractivity contribution in [1.29, 1.82) is 0 Å². The molecule has 2 atom stereocenters. The highest BCUT2D eigenvalue weighted by Crippen LogP contribution is 2.34. The van der Waals surface area contributed by atoms with Crippen LogP contribution in [0.1, 0.15) is 17.5 Å². The summed E-state index contributed by atoms with van der Waals surface area (Å²) < 4.78 is 21.8. The maximum atomic E-state index is 12.1. The van der Waals surface area contributed by atoms with Crippen LogP contribution in [0.25, 0.3) is 0 Å². The standard InChI is InChI=1S/C20H27N3O10/c1-12-8-13(2-3-16(12)26)20(32-6-7-33-20)31-5-4-30-19(29)23-15(11-25)18(28)22-14(10-24)9-17(21)27/h2-3,8,10,14-15,25-26H,4-7,9,11H2,1H3,(H2,21,27)(H,22,28)(H,23,29)/t14-,15+/m1/s1. The Bertz CT molecular complexity index is 856. The molecule has 0 radical (unpaired) electrons. The number of aryl methyl sites for hydroxylation is 1. The van der Waals surface area contributed by atoms with Crippen LogP contribution < -0.4 is 16.4 Å². The molecule has 1 aromatic carbocycles. The predicted molar refractivity (Wildman–Crippen MR) is 110 cm³/mol. The number of benzene rings is 1. The molecule has 13 nitrogen and oxygen atoms in total. The molecule has 3 amide bonds. The highest BCUT2D eigenvalue weighted by molar-refractivity contribution is 5.89. The van der Waals surface area contributed by atoms with Crippen LogP contribution in [0.15, 0.2) is 18.2 Å². The Balaban J connectivity index is 1.84. The van der Waals surface area contributed by atoms with Crippen LogP contribution in [-0.2, 0) is 39.3 Å². The summed E-state index contributed by atoms with van der Waals surface area (Å²) >= 11 is 0. The van der Waals surface area contributed by atoms with E-state index in [9.17, 15) is 29.4 Å². The van der Waals surface area contributed by atoms with Gasteiger partial charge >= 0.3 is 12.1 Å². The molecule has 0 aromatic heterocycles. The summed E-state index contributed by atoms with van der Waals surface area (Å²) in [6.07, 6.45) is -1.15. The number of carbonyl (C=O) groups is 4. The van der Waals surface area contributed by atoms with Gasteiger partial charge in [-0.25, -0.2) is 4.79 Å². The van der Waals surface area contributed by atoms with Crippen LogP contribution in [0, 0.1) is 6.92 Å². The minimum atomic E-state index is -1.52. The van der Waals surface area contributed by atoms with Gasteiger partial charge in [0.25, 0.3) is 0 Å². The molecular weight excluding hydrogens is 442 g/mol. The van der Waals surface area contributed by atoms with Crippen molar-refractivity contribution < 1.29 is 48.3 Å². The van der Waals surface area contributed by atoms with Gasteiger partial charge in [-0.3, -0.25) is 9.59 Å². The molecule has 0 unspecified atom stereocenters.